The van der Waals surface area contributed by atoms with Crippen molar-refractivity contribution >= 4 is 12.0 Å². The second-order valence-corrected chi connectivity index (χ2v) is 4.93. The van der Waals surface area contributed by atoms with E-state index in [9.17, 15) is 4.79 Å². The average molecular weight is 250 g/mol. The summed E-state index contributed by atoms with van der Waals surface area (Å²) in [5, 5.41) is 9.03. The summed E-state index contributed by atoms with van der Waals surface area (Å²) in [5.41, 5.74) is 6.10. The highest BCUT2D eigenvalue weighted by molar-refractivity contribution is 5.95. The number of carboxylic acid groups (broad SMARTS) is 1. The van der Waals surface area contributed by atoms with Gasteiger partial charge in [-0.05, 0) is 41.3 Å². The Morgan fingerprint density at radius 3 is 2.42 bits per heavy atom. The SMILES string of the molecule is Cc1ccc(-c2ccc3c(c2)C=C(C(=O)O)C3)cc1. The topological polar surface area (TPSA) is 37.3 Å². The highest BCUT2D eigenvalue weighted by Gasteiger charge is 2.17. The first-order valence-corrected chi connectivity index (χ1v) is 6.27. The zero-order valence-electron chi connectivity index (χ0n) is 10.7. The maximum atomic E-state index is 11.0. The maximum Gasteiger partial charge on any atom is 0.331 e. The van der Waals surface area contributed by atoms with Crippen molar-refractivity contribution < 1.29 is 9.90 Å². The number of aryl methyl sites for hydroxylation is 1. The fraction of sp³-hybridized carbons (Fsp3) is 0.118. The van der Waals surface area contributed by atoms with E-state index in [1.165, 1.54) is 5.56 Å². The van der Waals surface area contributed by atoms with Crippen LogP contribution in [0.15, 0.2) is 48.0 Å². The maximum absolute atomic E-state index is 11.0. The molecule has 0 saturated carbocycles. The lowest BCUT2D eigenvalue weighted by Gasteiger charge is -2.05. The Morgan fingerprint density at radius 2 is 1.74 bits per heavy atom. The van der Waals surface area contributed by atoms with Gasteiger partial charge in [0.2, 0.25) is 0 Å². The molecule has 1 N–H and O–H groups in total. The second-order valence-electron chi connectivity index (χ2n) is 4.93. The van der Waals surface area contributed by atoms with Gasteiger partial charge < -0.3 is 5.11 Å². The normalized spacial score (nSPS) is 13.0. The van der Waals surface area contributed by atoms with E-state index in [0.717, 1.165) is 22.3 Å². The molecule has 0 unspecified atom stereocenters. The molecule has 1 aliphatic rings. The van der Waals surface area contributed by atoms with Crippen LogP contribution < -0.4 is 0 Å². The van der Waals surface area contributed by atoms with Crippen LogP contribution in [-0.4, -0.2) is 11.1 Å². The molecule has 0 heterocycles. The van der Waals surface area contributed by atoms with Crippen LogP contribution in [0.4, 0.5) is 0 Å². The van der Waals surface area contributed by atoms with E-state index < -0.39 is 5.97 Å². The minimum absolute atomic E-state index is 0.469. The first-order chi connectivity index (χ1) is 9.13. The van der Waals surface area contributed by atoms with E-state index in [2.05, 4.69) is 43.3 Å². The van der Waals surface area contributed by atoms with Crippen LogP contribution in [0, 0.1) is 6.92 Å². The first kappa shape index (κ1) is 11.7. The van der Waals surface area contributed by atoms with Crippen molar-refractivity contribution in [1.29, 1.82) is 0 Å². The van der Waals surface area contributed by atoms with Crippen LogP contribution in [0.25, 0.3) is 17.2 Å². The molecular weight excluding hydrogens is 236 g/mol. The summed E-state index contributed by atoms with van der Waals surface area (Å²) >= 11 is 0. The van der Waals surface area contributed by atoms with Crippen molar-refractivity contribution in [2.24, 2.45) is 0 Å². The third kappa shape index (κ3) is 2.17. The molecule has 1 aliphatic carbocycles. The van der Waals surface area contributed by atoms with Gasteiger partial charge in [-0.3, -0.25) is 0 Å². The summed E-state index contributed by atoms with van der Waals surface area (Å²) in [4.78, 5) is 11.0. The number of carbonyl (C=O) groups is 1. The predicted molar refractivity (Wildman–Crippen MR) is 75.9 cm³/mol. The number of carboxylic acids is 1. The molecule has 0 fully saturated rings. The molecular formula is C17H14O2. The molecule has 2 aromatic carbocycles. The van der Waals surface area contributed by atoms with E-state index in [-0.39, 0.29) is 0 Å². The smallest absolute Gasteiger partial charge is 0.331 e. The molecule has 0 atom stereocenters. The van der Waals surface area contributed by atoms with Gasteiger partial charge in [-0.1, -0.05) is 42.0 Å². The number of benzene rings is 2. The van der Waals surface area contributed by atoms with E-state index in [1.807, 2.05) is 6.07 Å². The van der Waals surface area contributed by atoms with E-state index in [1.54, 1.807) is 6.08 Å². The summed E-state index contributed by atoms with van der Waals surface area (Å²) in [6.07, 6.45) is 2.30. The Labute approximate surface area is 112 Å². The summed E-state index contributed by atoms with van der Waals surface area (Å²) in [7, 11) is 0. The van der Waals surface area contributed by atoms with Gasteiger partial charge in [0.15, 0.2) is 0 Å². The minimum atomic E-state index is -0.826. The Balaban J connectivity index is 2.01. The van der Waals surface area contributed by atoms with Crippen LogP contribution in [0.3, 0.4) is 0 Å². The molecule has 0 amide bonds. The summed E-state index contributed by atoms with van der Waals surface area (Å²) < 4.78 is 0. The number of rotatable bonds is 2. The van der Waals surface area contributed by atoms with Crippen LogP contribution in [-0.2, 0) is 11.2 Å². The quantitative estimate of drug-likeness (QED) is 0.882. The van der Waals surface area contributed by atoms with Gasteiger partial charge in [0.1, 0.15) is 0 Å². The van der Waals surface area contributed by atoms with Gasteiger partial charge in [-0.25, -0.2) is 4.79 Å². The summed E-state index contributed by atoms with van der Waals surface area (Å²) in [6.45, 7) is 2.06. The third-order valence-electron chi connectivity index (χ3n) is 3.52. The molecule has 2 heteroatoms. The number of fused-ring (bicyclic) bond motifs is 1. The first-order valence-electron chi connectivity index (χ1n) is 6.27. The Kier molecular flexibility index (Phi) is 2.71. The second kappa shape index (κ2) is 4.39. The molecule has 2 nitrogen and oxygen atoms in total. The van der Waals surface area contributed by atoms with Crippen LogP contribution in [0.5, 0.6) is 0 Å². The Bertz CT molecular complexity index is 679. The molecule has 94 valence electrons. The van der Waals surface area contributed by atoms with Crippen molar-refractivity contribution in [3.05, 3.63) is 64.7 Å². The number of hydrogen-bond donors (Lipinski definition) is 1. The lowest BCUT2D eigenvalue weighted by molar-refractivity contribution is -0.132. The van der Waals surface area contributed by atoms with Crippen molar-refractivity contribution in [3.8, 4) is 11.1 Å². The van der Waals surface area contributed by atoms with Gasteiger partial charge in [-0.15, -0.1) is 0 Å². The molecule has 0 aromatic heterocycles. The summed E-state index contributed by atoms with van der Waals surface area (Å²) in [6, 6.07) is 14.5. The number of aliphatic carboxylic acids is 1. The molecule has 0 bridgehead atoms. The van der Waals surface area contributed by atoms with Crippen LogP contribution in [0.1, 0.15) is 16.7 Å². The predicted octanol–water partition coefficient (Wildman–Crippen LogP) is 3.69. The van der Waals surface area contributed by atoms with E-state index >= 15 is 0 Å². The van der Waals surface area contributed by atoms with Crippen molar-refractivity contribution in [2.45, 2.75) is 13.3 Å². The highest BCUT2D eigenvalue weighted by Crippen LogP contribution is 2.30. The molecule has 0 spiro atoms. The van der Waals surface area contributed by atoms with Gasteiger partial charge in [0.05, 0.1) is 0 Å². The van der Waals surface area contributed by atoms with Gasteiger partial charge in [-0.2, -0.15) is 0 Å². The zero-order chi connectivity index (χ0) is 13.4. The third-order valence-corrected chi connectivity index (χ3v) is 3.52. The fourth-order valence-electron chi connectivity index (χ4n) is 2.40. The molecule has 0 saturated heterocycles. The minimum Gasteiger partial charge on any atom is -0.478 e. The van der Waals surface area contributed by atoms with E-state index in [0.29, 0.717) is 12.0 Å². The zero-order valence-corrected chi connectivity index (χ0v) is 10.7. The van der Waals surface area contributed by atoms with Crippen LogP contribution in [0.2, 0.25) is 0 Å². The monoisotopic (exact) mass is 250 g/mol. The lowest BCUT2D eigenvalue weighted by atomic mass is 10.00. The van der Waals surface area contributed by atoms with Crippen molar-refractivity contribution in [2.75, 3.05) is 0 Å². The lowest BCUT2D eigenvalue weighted by Crippen LogP contribution is -1.99. The summed E-state index contributed by atoms with van der Waals surface area (Å²) in [5.74, 6) is -0.826. The van der Waals surface area contributed by atoms with Crippen molar-refractivity contribution in [1.82, 2.24) is 0 Å². The largest absolute Gasteiger partial charge is 0.478 e. The average Bonchev–Trinajstić information content (AvgIpc) is 2.82. The molecule has 0 radical (unpaired) electrons. The van der Waals surface area contributed by atoms with Crippen LogP contribution >= 0.6 is 0 Å². The number of hydrogen-bond acceptors (Lipinski definition) is 1. The van der Waals surface area contributed by atoms with E-state index in [4.69, 9.17) is 5.11 Å². The molecule has 2 aromatic rings. The van der Waals surface area contributed by atoms with Gasteiger partial charge >= 0.3 is 5.97 Å². The van der Waals surface area contributed by atoms with Gasteiger partial charge in [0, 0.05) is 12.0 Å². The fourth-order valence-corrected chi connectivity index (χ4v) is 2.40. The van der Waals surface area contributed by atoms with Gasteiger partial charge in [0.25, 0.3) is 0 Å². The molecule has 0 aliphatic heterocycles. The molecule has 19 heavy (non-hydrogen) atoms. The Morgan fingerprint density at radius 1 is 1.05 bits per heavy atom. The molecule has 3 rings (SSSR count). The van der Waals surface area contributed by atoms with Crippen molar-refractivity contribution in [3.63, 3.8) is 0 Å². The highest BCUT2D eigenvalue weighted by atomic mass is 16.4. The Hall–Kier alpha value is -2.35. The standard InChI is InChI=1S/C17H14O2/c1-11-2-4-12(5-3-11)13-6-7-14-9-16(17(18)19)10-15(14)8-13/h2-8,10H,9H2,1H3,(H,18,19).